The molecule has 0 aliphatic heterocycles. The van der Waals surface area contributed by atoms with Gasteiger partial charge in [0.1, 0.15) is 5.82 Å². The smallest absolute Gasteiger partial charge is 0.331 e. The van der Waals surface area contributed by atoms with E-state index in [4.69, 9.17) is 16.3 Å². The molecule has 0 heterocycles. The van der Waals surface area contributed by atoms with Crippen molar-refractivity contribution in [1.29, 1.82) is 0 Å². The zero-order chi connectivity index (χ0) is 18.9. The van der Waals surface area contributed by atoms with E-state index >= 15 is 0 Å². The first-order chi connectivity index (χ1) is 12.5. The Bertz CT molecular complexity index is 837. The molecule has 2 amide bonds. The van der Waals surface area contributed by atoms with Crippen molar-refractivity contribution in [1.82, 2.24) is 10.9 Å². The summed E-state index contributed by atoms with van der Waals surface area (Å²) in [4.78, 5) is 34.9. The molecule has 0 spiro atoms. The molecular formula is C18H14ClFN2O4. The Hall–Kier alpha value is -3.19. The van der Waals surface area contributed by atoms with Gasteiger partial charge in [-0.2, -0.15) is 0 Å². The van der Waals surface area contributed by atoms with E-state index in [0.717, 1.165) is 6.08 Å². The maximum absolute atomic E-state index is 12.8. The largest absolute Gasteiger partial charge is 0.452 e. The number of hydrogen-bond acceptors (Lipinski definition) is 4. The summed E-state index contributed by atoms with van der Waals surface area (Å²) in [5.41, 5.74) is 5.05. The summed E-state index contributed by atoms with van der Waals surface area (Å²) in [6, 6.07) is 11.8. The fourth-order valence-electron chi connectivity index (χ4n) is 1.80. The molecule has 6 nitrogen and oxygen atoms in total. The summed E-state index contributed by atoms with van der Waals surface area (Å²) in [5.74, 6) is -2.48. The molecule has 2 rings (SSSR count). The van der Waals surface area contributed by atoms with Crippen molar-refractivity contribution in [2.24, 2.45) is 0 Å². The average Bonchev–Trinajstić information content (AvgIpc) is 2.64. The second kappa shape index (κ2) is 9.33. The summed E-state index contributed by atoms with van der Waals surface area (Å²) in [5, 5.41) is 0.233. The fraction of sp³-hybridized carbons (Fsp3) is 0.0556. The number of nitrogens with one attached hydrogen (secondary N) is 2. The number of esters is 1. The molecule has 2 aromatic carbocycles. The van der Waals surface area contributed by atoms with Gasteiger partial charge in [0.25, 0.3) is 11.8 Å². The molecule has 0 aromatic heterocycles. The van der Waals surface area contributed by atoms with E-state index in [1.54, 1.807) is 12.1 Å². The van der Waals surface area contributed by atoms with Gasteiger partial charge in [0.15, 0.2) is 6.61 Å². The first-order valence-corrected chi connectivity index (χ1v) is 7.77. The van der Waals surface area contributed by atoms with E-state index in [1.807, 2.05) is 0 Å². The molecule has 0 aliphatic carbocycles. The molecule has 2 aromatic rings. The van der Waals surface area contributed by atoms with E-state index in [2.05, 4.69) is 10.9 Å². The molecule has 0 unspecified atom stereocenters. The highest BCUT2D eigenvalue weighted by molar-refractivity contribution is 6.33. The zero-order valence-corrected chi connectivity index (χ0v) is 14.1. The van der Waals surface area contributed by atoms with Crippen LogP contribution in [0, 0.1) is 5.82 Å². The molecule has 0 bridgehead atoms. The van der Waals surface area contributed by atoms with Crippen molar-refractivity contribution in [2.75, 3.05) is 6.61 Å². The van der Waals surface area contributed by atoms with Crippen LogP contribution in [-0.4, -0.2) is 24.4 Å². The van der Waals surface area contributed by atoms with Crippen molar-refractivity contribution in [3.63, 3.8) is 0 Å². The number of rotatable bonds is 5. The van der Waals surface area contributed by atoms with Crippen LogP contribution in [0.3, 0.4) is 0 Å². The van der Waals surface area contributed by atoms with E-state index in [1.165, 1.54) is 42.5 Å². The number of halogens is 2. The topological polar surface area (TPSA) is 84.5 Å². The lowest BCUT2D eigenvalue weighted by molar-refractivity contribution is -0.144. The van der Waals surface area contributed by atoms with Gasteiger partial charge in [0, 0.05) is 6.08 Å². The normalized spacial score (nSPS) is 10.4. The predicted octanol–water partition coefficient (Wildman–Crippen LogP) is 2.50. The standard InChI is InChI=1S/C18H14ClFN2O4/c19-15-4-2-1-3-14(15)18(25)22-21-16(23)11-26-17(24)10-7-12-5-8-13(20)9-6-12/h1-10H,11H2,(H,21,23)(H,22,25)/b10-7+. The maximum atomic E-state index is 12.8. The van der Waals surface area contributed by atoms with Gasteiger partial charge in [0.05, 0.1) is 10.6 Å². The Labute approximate surface area is 153 Å². The third kappa shape index (κ3) is 6.03. The Morgan fingerprint density at radius 3 is 2.42 bits per heavy atom. The molecule has 0 atom stereocenters. The SMILES string of the molecule is O=C(COC(=O)/C=C/c1ccc(F)cc1)NNC(=O)c1ccccc1Cl. The van der Waals surface area contributed by atoms with Crippen molar-refractivity contribution < 1.29 is 23.5 Å². The maximum Gasteiger partial charge on any atom is 0.331 e. The number of amides is 2. The molecule has 0 fully saturated rings. The van der Waals surface area contributed by atoms with Gasteiger partial charge >= 0.3 is 5.97 Å². The third-order valence-corrected chi connectivity index (χ3v) is 3.39. The van der Waals surface area contributed by atoms with Crippen LogP contribution in [-0.2, 0) is 14.3 Å². The van der Waals surface area contributed by atoms with Crippen LogP contribution < -0.4 is 10.9 Å². The Morgan fingerprint density at radius 1 is 1.04 bits per heavy atom. The number of benzene rings is 2. The first kappa shape index (κ1) is 19.1. The lowest BCUT2D eigenvalue weighted by Gasteiger charge is -2.08. The van der Waals surface area contributed by atoms with Crippen LogP contribution in [0.5, 0.6) is 0 Å². The Balaban J connectivity index is 1.74. The summed E-state index contributed by atoms with van der Waals surface area (Å²) < 4.78 is 17.5. The molecule has 134 valence electrons. The van der Waals surface area contributed by atoms with Crippen molar-refractivity contribution in [2.45, 2.75) is 0 Å². The van der Waals surface area contributed by atoms with Crippen LogP contribution in [0.4, 0.5) is 4.39 Å². The van der Waals surface area contributed by atoms with E-state index in [9.17, 15) is 18.8 Å². The fourth-order valence-corrected chi connectivity index (χ4v) is 2.02. The van der Waals surface area contributed by atoms with Gasteiger partial charge in [-0.25, -0.2) is 9.18 Å². The number of hydrazine groups is 1. The lowest BCUT2D eigenvalue weighted by atomic mass is 10.2. The molecule has 0 radical (unpaired) electrons. The van der Waals surface area contributed by atoms with Crippen LogP contribution in [0.1, 0.15) is 15.9 Å². The average molecular weight is 377 g/mol. The first-order valence-electron chi connectivity index (χ1n) is 7.40. The highest BCUT2D eigenvalue weighted by Gasteiger charge is 2.11. The van der Waals surface area contributed by atoms with E-state index < -0.39 is 24.4 Å². The number of hydrogen-bond donors (Lipinski definition) is 2. The molecular weight excluding hydrogens is 363 g/mol. The molecule has 0 aliphatic rings. The van der Waals surface area contributed by atoms with Crippen LogP contribution in [0.2, 0.25) is 5.02 Å². The van der Waals surface area contributed by atoms with Crippen LogP contribution >= 0.6 is 11.6 Å². The summed E-state index contributed by atoms with van der Waals surface area (Å²) in [7, 11) is 0. The van der Waals surface area contributed by atoms with E-state index in [0.29, 0.717) is 5.56 Å². The Kier molecular flexibility index (Phi) is 6.87. The van der Waals surface area contributed by atoms with Gasteiger partial charge in [0.2, 0.25) is 0 Å². The zero-order valence-electron chi connectivity index (χ0n) is 13.4. The van der Waals surface area contributed by atoms with Gasteiger partial charge in [-0.1, -0.05) is 35.9 Å². The van der Waals surface area contributed by atoms with Gasteiger partial charge in [-0.05, 0) is 35.9 Å². The van der Waals surface area contributed by atoms with E-state index in [-0.39, 0.29) is 16.4 Å². The second-order valence-corrected chi connectivity index (χ2v) is 5.38. The second-order valence-electron chi connectivity index (χ2n) is 4.97. The monoisotopic (exact) mass is 376 g/mol. The van der Waals surface area contributed by atoms with Crippen LogP contribution in [0.15, 0.2) is 54.6 Å². The Morgan fingerprint density at radius 2 is 1.73 bits per heavy atom. The highest BCUT2D eigenvalue weighted by atomic mass is 35.5. The van der Waals surface area contributed by atoms with Crippen molar-refractivity contribution in [3.8, 4) is 0 Å². The summed E-state index contributed by atoms with van der Waals surface area (Å²) in [6.45, 7) is -0.588. The van der Waals surface area contributed by atoms with Gasteiger partial charge in [-0.15, -0.1) is 0 Å². The number of carbonyl (C=O) groups excluding carboxylic acids is 3. The number of ether oxygens (including phenoxy) is 1. The lowest BCUT2D eigenvalue weighted by Crippen LogP contribution is -2.43. The van der Waals surface area contributed by atoms with Crippen molar-refractivity contribution in [3.05, 3.63) is 76.6 Å². The molecule has 8 heteroatoms. The molecule has 0 saturated heterocycles. The molecule has 26 heavy (non-hydrogen) atoms. The summed E-state index contributed by atoms with van der Waals surface area (Å²) >= 11 is 5.86. The summed E-state index contributed by atoms with van der Waals surface area (Å²) in [6.07, 6.45) is 2.52. The third-order valence-electron chi connectivity index (χ3n) is 3.06. The minimum atomic E-state index is -0.762. The molecule has 0 saturated carbocycles. The molecule has 2 N–H and O–H groups in total. The predicted molar refractivity (Wildman–Crippen MR) is 93.5 cm³/mol. The quantitative estimate of drug-likeness (QED) is 0.477. The highest BCUT2D eigenvalue weighted by Crippen LogP contribution is 2.14. The van der Waals surface area contributed by atoms with Gasteiger partial charge in [-0.3, -0.25) is 20.4 Å². The minimum Gasteiger partial charge on any atom is -0.452 e. The number of carbonyl (C=O) groups is 3. The van der Waals surface area contributed by atoms with Gasteiger partial charge < -0.3 is 4.74 Å². The minimum absolute atomic E-state index is 0.189. The van der Waals surface area contributed by atoms with Crippen LogP contribution in [0.25, 0.3) is 6.08 Å². The van der Waals surface area contributed by atoms with Crippen molar-refractivity contribution >= 4 is 35.5 Å².